The number of hydrogen-bond acceptors (Lipinski definition) is 7. The molecule has 0 aliphatic heterocycles. The van der Waals surface area contributed by atoms with Crippen LogP contribution >= 0.6 is 0 Å². The normalized spacial score (nSPS) is 13.6. The molecule has 3 atom stereocenters. The van der Waals surface area contributed by atoms with Gasteiger partial charge in [0, 0.05) is 20.2 Å². The van der Waals surface area contributed by atoms with Crippen molar-refractivity contribution in [2.75, 3.05) is 20.2 Å². The van der Waals surface area contributed by atoms with E-state index in [2.05, 4.69) is 16.0 Å². The number of alkyl carbamates (subject to hydrolysis) is 1. The van der Waals surface area contributed by atoms with E-state index in [0.717, 1.165) is 5.56 Å². The molecule has 0 heterocycles. The topological polar surface area (TPSA) is 143 Å². The standard InChI is InChI=1S/C30H49N3O7/c1-21(2)19-24(23(15-12-18-34)28(37)40-30(3,4)5)26(35)33-25(27(36)31-6)16-10-11-17-32-29(38)39-20-22-13-8-7-9-14-22/h7-9,13-14,21,23-25,34H,10-12,15-20H2,1-6H3,(H,31,36)(H,32,38)(H,33,35)/t23-,24+,25-/m0/s1. The van der Waals surface area contributed by atoms with Gasteiger partial charge in [-0.25, -0.2) is 4.79 Å². The minimum absolute atomic E-state index is 0.107. The summed E-state index contributed by atoms with van der Waals surface area (Å²) < 4.78 is 10.8. The predicted octanol–water partition coefficient (Wildman–Crippen LogP) is 3.71. The van der Waals surface area contributed by atoms with E-state index >= 15 is 0 Å². The second-order valence-corrected chi connectivity index (χ2v) is 11.4. The number of unbranched alkanes of at least 4 members (excludes halogenated alkanes) is 1. The number of aliphatic hydroxyl groups excluding tert-OH is 1. The molecular formula is C30H49N3O7. The molecule has 4 N–H and O–H groups in total. The average molecular weight is 564 g/mol. The number of amides is 3. The number of hydrogen-bond donors (Lipinski definition) is 4. The van der Waals surface area contributed by atoms with Crippen molar-refractivity contribution < 1.29 is 33.8 Å². The highest BCUT2D eigenvalue weighted by molar-refractivity contribution is 5.90. The summed E-state index contributed by atoms with van der Waals surface area (Å²) in [6, 6.07) is 8.57. The van der Waals surface area contributed by atoms with Gasteiger partial charge in [0.2, 0.25) is 11.8 Å². The summed E-state index contributed by atoms with van der Waals surface area (Å²) in [7, 11) is 1.50. The minimum atomic E-state index is -0.797. The van der Waals surface area contributed by atoms with Crippen molar-refractivity contribution in [3.05, 3.63) is 35.9 Å². The zero-order valence-corrected chi connectivity index (χ0v) is 25.0. The molecule has 0 unspecified atom stereocenters. The van der Waals surface area contributed by atoms with Crippen LogP contribution in [0.2, 0.25) is 0 Å². The van der Waals surface area contributed by atoms with E-state index < -0.39 is 41.4 Å². The first-order chi connectivity index (χ1) is 18.9. The van der Waals surface area contributed by atoms with Crippen LogP contribution in [-0.4, -0.2) is 60.8 Å². The molecular weight excluding hydrogens is 514 g/mol. The summed E-state index contributed by atoms with van der Waals surface area (Å²) in [5, 5.41) is 17.5. The summed E-state index contributed by atoms with van der Waals surface area (Å²) >= 11 is 0. The second-order valence-electron chi connectivity index (χ2n) is 11.4. The zero-order chi connectivity index (χ0) is 30.1. The molecule has 1 aromatic carbocycles. The number of carbonyl (C=O) groups is 4. The number of likely N-dealkylation sites (N-methyl/N-ethyl adjacent to an activating group) is 1. The number of benzene rings is 1. The van der Waals surface area contributed by atoms with Crippen LogP contribution in [0.3, 0.4) is 0 Å². The third kappa shape index (κ3) is 14.3. The fourth-order valence-corrected chi connectivity index (χ4v) is 4.29. The van der Waals surface area contributed by atoms with Crippen molar-refractivity contribution in [2.24, 2.45) is 17.8 Å². The van der Waals surface area contributed by atoms with Gasteiger partial charge < -0.3 is 30.5 Å². The zero-order valence-electron chi connectivity index (χ0n) is 25.0. The highest BCUT2D eigenvalue weighted by atomic mass is 16.6. The maximum Gasteiger partial charge on any atom is 0.407 e. The van der Waals surface area contributed by atoms with E-state index in [1.165, 1.54) is 7.05 Å². The first-order valence-electron chi connectivity index (χ1n) is 14.2. The highest BCUT2D eigenvalue weighted by Gasteiger charge is 2.37. The molecule has 226 valence electrons. The average Bonchev–Trinajstić information content (AvgIpc) is 2.89. The molecule has 0 fully saturated rings. The molecule has 1 rings (SSSR count). The third-order valence-corrected chi connectivity index (χ3v) is 6.21. The highest BCUT2D eigenvalue weighted by Crippen LogP contribution is 2.28. The Morgan fingerprint density at radius 2 is 1.60 bits per heavy atom. The summed E-state index contributed by atoms with van der Waals surface area (Å²) in [6.45, 7) is 9.67. The Labute approximate surface area is 239 Å². The Hall–Kier alpha value is -3.14. The minimum Gasteiger partial charge on any atom is -0.460 e. The van der Waals surface area contributed by atoms with Crippen LogP contribution in [0.1, 0.15) is 78.7 Å². The Morgan fingerprint density at radius 3 is 2.17 bits per heavy atom. The Bertz CT molecular complexity index is 916. The number of ether oxygens (including phenoxy) is 2. The van der Waals surface area contributed by atoms with Crippen LogP contribution in [0, 0.1) is 17.8 Å². The van der Waals surface area contributed by atoms with Crippen molar-refractivity contribution >= 4 is 23.9 Å². The van der Waals surface area contributed by atoms with Gasteiger partial charge >= 0.3 is 12.1 Å². The van der Waals surface area contributed by atoms with Crippen LogP contribution in [0.5, 0.6) is 0 Å². The van der Waals surface area contributed by atoms with Gasteiger partial charge in [-0.3, -0.25) is 14.4 Å². The third-order valence-electron chi connectivity index (χ3n) is 6.21. The van der Waals surface area contributed by atoms with Crippen LogP contribution in [0.15, 0.2) is 30.3 Å². The van der Waals surface area contributed by atoms with Gasteiger partial charge in [0.1, 0.15) is 18.2 Å². The van der Waals surface area contributed by atoms with E-state index in [1.807, 2.05) is 44.2 Å². The van der Waals surface area contributed by atoms with Gasteiger partial charge in [-0.1, -0.05) is 44.2 Å². The van der Waals surface area contributed by atoms with Crippen molar-refractivity contribution in [3.63, 3.8) is 0 Å². The smallest absolute Gasteiger partial charge is 0.407 e. The molecule has 0 saturated heterocycles. The summed E-state index contributed by atoms with van der Waals surface area (Å²) in [4.78, 5) is 51.2. The molecule has 1 aromatic rings. The van der Waals surface area contributed by atoms with Crippen molar-refractivity contribution in [1.29, 1.82) is 0 Å². The monoisotopic (exact) mass is 563 g/mol. The van der Waals surface area contributed by atoms with Gasteiger partial charge in [-0.05, 0) is 70.8 Å². The van der Waals surface area contributed by atoms with Gasteiger partial charge in [0.05, 0.1) is 11.8 Å². The summed E-state index contributed by atoms with van der Waals surface area (Å²) in [6.07, 6.45) is 2.05. The summed E-state index contributed by atoms with van der Waals surface area (Å²) in [5.41, 5.74) is 0.169. The summed E-state index contributed by atoms with van der Waals surface area (Å²) in [5.74, 6) is -2.56. The van der Waals surface area contributed by atoms with Crippen molar-refractivity contribution in [1.82, 2.24) is 16.0 Å². The molecule has 10 heteroatoms. The number of esters is 1. The van der Waals surface area contributed by atoms with Gasteiger partial charge in [-0.2, -0.15) is 0 Å². The van der Waals surface area contributed by atoms with Crippen LogP contribution in [-0.2, 0) is 30.5 Å². The maximum atomic E-state index is 13.5. The Kier molecular flexibility index (Phi) is 15.9. The lowest BCUT2D eigenvalue weighted by Gasteiger charge is -2.30. The Morgan fingerprint density at radius 1 is 0.925 bits per heavy atom. The first kappa shape index (κ1) is 34.9. The molecule has 0 aliphatic carbocycles. The van der Waals surface area contributed by atoms with E-state index in [-0.39, 0.29) is 25.0 Å². The molecule has 0 aromatic heterocycles. The molecule has 40 heavy (non-hydrogen) atoms. The molecule has 10 nitrogen and oxygen atoms in total. The first-order valence-corrected chi connectivity index (χ1v) is 14.2. The number of aliphatic hydroxyl groups is 1. The molecule has 0 saturated carbocycles. The molecule has 0 spiro atoms. The maximum absolute atomic E-state index is 13.5. The SMILES string of the molecule is CNC(=O)[C@H](CCCCNC(=O)OCc1ccccc1)NC(=O)[C@H](CC(C)C)[C@H](CCCO)C(=O)OC(C)(C)C. The molecule has 0 radical (unpaired) electrons. The van der Waals surface area contributed by atoms with Crippen molar-refractivity contribution in [3.8, 4) is 0 Å². The van der Waals surface area contributed by atoms with E-state index in [9.17, 15) is 24.3 Å². The molecule has 0 aliphatic rings. The van der Waals surface area contributed by atoms with Crippen molar-refractivity contribution in [2.45, 2.75) is 91.4 Å². The number of nitrogens with one attached hydrogen (secondary N) is 3. The van der Waals surface area contributed by atoms with Crippen LogP contribution in [0.25, 0.3) is 0 Å². The largest absolute Gasteiger partial charge is 0.460 e. The lowest BCUT2D eigenvalue weighted by Crippen LogP contribution is -2.50. The molecule has 0 bridgehead atoms. The van der Waals surface area contributed by atoms with E-state index in [1.54, 1.807) is 20.8 Å². The Balaban J connectivity index is 2.76. The lowest BCUT2D eigenvalue weighted by molar-refractivity contribution is -0.164. The second kappa shape index (κ2) is 18.3. The fourth-order valence-electron chi connectivity index (χ4n) is 4.29. The lowest BCUT2D eigenvalue weighted by atomic mass is 9.81. The fraction of sp³-hybridized carbons (Fsp3) is 0.667. The van der Waals surface area contributed by atoms with Gasteiger partial charge in [0.25, 0.3) is 0 Å². The predicted molar refractivity (Wildman–Crippen MR) is 153 cm³/mol. The molecule has 3 amide bonds. The number of rotatable bonds is 17. The van der Waals surface area contributed by atoms with E-state index in [4.69, 9.17) is 9.47 Å². The van der Waals surface area contributed by atoms with Gasteiger partial charge in [-0.15, -0.1) is 0 Å². The quantitative estimate of drug-likeness (QED) is 0.167. The van der Waals surface area contributed by atoms with Gasteiger partial charge in [0.15, 0.2) is 0 Å². The van der Waals surface area contributed by atoms with E-state index in [0.29, 0.717) is 45.1 Å². The van der Waals surface area contributed by atoms with Crippen LogP contribution < -0.4 is 16.0 Å². The number of carbonyl (C=O) groups excluding carboxylic acids is 4. The van der Waals surface area contributed by atoms with Crippen LogP contribution in [0.4, 0.5) is 4.79 Å².